The van der Waals surface area contributed by atoms with Crippen LogP contribution in [0.1, 0.15) is 13.3 Å². The van der Waals surface area contributed by atoms with E-state index in [1.165, 1.54) is 18.2 Å². The van der Waals surface area contributed by atoms with E-state index < -0.39 is 0 Å². The topological polar surface area (TPSA) is 88.3 Å². The van der Waals surface area contributed by atoms with Crippen LogP contribution in [0.3, 0.4) is 0 Å². The number of nitrogens with zero attached hydrogens (tertiary/aromatic N) is 3. The third-order valence-corrected chi connectivity index (χ3v) is 5.20. The van der Waals surface area contributed by atoms with E-state index >= 15 is 0 Å². The molecule has 0 aliphatic rings. The Kier molecular flexibility index (Phi) is 11.2. The van der Waals surface area contributed by atoms with Gasteiger partial charge in [0.1, 0.15) is 0 Å². The van der Waals surface area contributed by atoms with Gasteiger partial charge in [-0.15, -0.1) is 23.5 Å². The molecule has 0 aromatic heterocycles. The highest BCUT2D eigenvalue weighted by molar-refractivity contribution is 8.18. The second-order valence-electron chi connectivity index (χ2n) is 3.50. The first-order chi connectivity index (χ1) is 9.18. The van der Waals surface area contributed by atoms with Crippen LogP contribution in [0, 0.1) is 0 Å². The molecule has 19 heavy (non-hydrogen) atoms. The van der Waals surface area contributed by atoms with Crippen molar-refractivity contribution < 1.29 is 14.4 Å². The second kappa shape index (κ2) is 11.9. The van der Waals surface area contributed by atoms with Gasteiger partial charge >= 0.3 is 0 Å². The second-order valence-corrected chi connectivity index (χ2v) is 6.95. The van der Waals surface area contributed by atoms with Gasteiger partial charge in [0.25, 0.3) is 0 Å². The summed E-state index contributed by atoms with van der Waals surface area (Å²) in [5.41, 5.74) is 0. The lowest BCUT2D eigenvalue weighted by Crippen LogP contribution is -2.19. The van der Waals surface area contributed by atoms with E-state index in [0.29, 0.717) is 37.6 Å². The predicted octanol–water partition coefficient (Wildman–Crippen LogP) is 1.57. The Balaban J connectivity index is 4.28. The first-order valence-electron chi connectivity index (χ1n) is 5.57. The van der Waals surface area contributed by atoms with Crippen LogP contribution in [0.4, 0.5) is 0 Å². The highest BCUT2D eigenvalue weighted by Gasteiger charge is 2.24. The summed E-state index contributed by atoms with van der Waals surface area (Å²) in [6.45, 7) is 3.24. The Morgan fingerprint density at radius 3 is 1.68 bits per heavy atom. The van der Waals surface area contributed by atoms with Crippen molar-refractivity contribution >= 4 is 41.8 Å². The highest BCUT2D eigenvalue weighted by atomic mass is 32.2. The quantitative estimate of drug-likeness (QED) is 0.250. The molecule has 0 saturated heterocycles. The zero-order valence-electron chi connectivity index (χ0n) is 10.6. The third kappa shape index (κ3) is 10.4. The molecule has 6 nitrogen and oxygen atoms in total. The van der Waals surface area contributed by atoms with E-state index in [9.17, 15) is 14.4 Å². The predicted molar refractivity (Wildman–Crippen MR) is 76.9 cm³/mol. The average Bonchev–Trinajstić information content (AvgIpc) is 2.41. The monoisotopic (exact) mass is 301 g/mol. The van der Waals surface area contributed by atoms with E-state index in [1.807, 2.05) is 6.92 Å². The van der Waals surface area contributed by atoms with Crippen LogP contribution in [0.25, 0.3) is 0 Å². The normalized spacial score (nSPS) is 12.5. The summed E-state index contributed by atoms with van der Waals surface area (Å²) >= 11 is 3.27. The van der Waals surface area contributed by atoms with Crippen LogP contribution < -0.4 is 0 Å². The van der Waals surface area contributed by atoms with Crippen LogP contribution in [0.2, 0.25) is 0 Å². The number of hydrogen-bond acceptors (Lipinski definition) is 8. The van der Waals surface area contributed by atoms with Crippen molar-refractivity contribution in [1.29, 1.82) is 0 Å². The molecule has 0 atom stereocenters. The Morgan fingerprint density at radius 2 is 1.26 bits per heavy atom. The fraction of sp³-hybridized carbons (Fsp3) is 0.727. The molecule has 8 heteroatoms. The van der Waals surface area contributed by atoms with E-state index in [2.05, 4.69) is 15.0 Å². The molecule has 0 aromatic rings. The Bertz CT molecular complexity index is 374. The van der Waals surface area contributed by atoms with Crippen molar-refractivity contribution in [3.63, 3.8) is 0 Å². The van der Waals surface area contributed by atoms with Crippen molar-refractivity contribution in [3.8, 4) is 0 Å². The molecule has 0 rings (SSSR count). The van der Waals surface area contributed by atoms with Gasteiger partial charge in [-0.3, -0.25) is 0 Å². The smallest absolute Gasteiger partial charge is 0.211 e. The van der Waals surface area contributed by atoms with E-state index in [0.717, 1.165) is 0 Å². The van der Waals surface area contributed by atoms with Gasteiger partial charge in [-0.05, 0) is 13.3 Å². The van der Waals surface area contributed by atoms with Crippen molar-refractivity contribution in [2.24, 2.45) is 15.0 Å². The number of thioether (sulfide) groups is 2. The highest BCUT2D eigenvalue weighted by Crippen LogP contribution is 2.39. The summed E-state index contributed by atoms with van der Waals surface area (Å²) < 4.78 is -0.169. The Labute approximate surface area is 120 Å². The summed E-state index contributed by atoms with van der Waals surface area (Å²) in [6, 6.07) is 0. The minimum Gasteiger partial charge on any atom is -0.211 e. The minimum absolute atomic E-state index is 0.169. The van der Waals surface area contributed by atoms with Crippen molar-refractivity contribution in [3.05, 3.63) is 0 Å². The number of aliphatic imine (C=N–C) groups is 3. The maximum atomic E-state index is 10.1. The molecule has 0 aromatic carbocycles. The molecule has 0 fully saturated rings. The lowest BCUT2D eigenvalue weighted by molar-refractivity contribution is 0.561. The first kappa shape index (κ1) is 17.8. The molecule has 0 aliphatic carbocycles. The fourth-order valence-corrected chi connectivity index (χ4v) is 3.73. The zero-order chi connectivity index (χ0) is 14.4. The van der Waals surface area contributed by atoms with Gasteiger partial charge in [0.15, 0.2) is 0 Å². The Hall–Kier alpha value is -1.16. The van der Waals surface area contributed by atoms with Gasteiger partial charge in [-0.25, -0.2) is 29.4 Å². The summed E-state index contributed by atoms with van der Waals surface area (Å²) in [4.78, 5) is 40.5. The zero-order valence-corrected chi connectivity index (χ0v) is 12.3. The molecule has 0 spiro atoms. The maximum absolute atomic E-state index is 10.1. The van der Waals surface area contributed by atoms with Crippen molar-refractivity contribution in [2.45, 2.75) is 17.4 Å². The fourth-order valence-electron chi connectivity index (χ4n) is 1.20. The molecular formula is C11H15N3O3S2. The van der Waals surface area contributed by atoms with Crippen LogP contribution in [-0.2, 0) is 14.4 Å². The summed E-state index contributed by atoms with van der Waals surface area (Å²) in [7, 11) is 0. The minimum atomic E-state index is -0.169. The summed E-state index contributed by atoms with van der Waals surface area (Å²) in [5.74, 6) is 1.36. The van der Waals surface area contributed by atoms with E-state index in [-0.39, 0.29) is 4.08 Å². The molecule has 0 saturated carbocycles. The lowest BCUT2D eigenvalue weighted by Gasteiger charge is -2.27. The van der Waals surface area contributed by atoms with Crippen LogP contribution in [0.15, 0.2) is 15.0 Å². The molecule has 0 aliphatic heterocycles. The summed E-state index contributed by atoms with van der Waals surface area (Å²) in [6.07, 6.45) is 5.18. The van der Waals surface area contributed by atoms with Gasteiger partial charge in [0, 0.05) is 11.5 Å². The van der Waals surface area contributed by atoms with Gasteiger partial charge in [-0.1, -0.05) is 0 Å². The molecule has 104 valence electrons. The lowest BCUT2D eigenvalue weighted by atomic mass is 10.3. The maximum Gasteiger partial charge on any atom is 0.234 e. The van der Waals surface area contributed by atoms with E-state index in [1.54, 1.807) is 23.5 Å². The average molecular weight is 301 g/mol. The first-order valence-corrected chi connectivity index (χ1v) is 7.54. The van der Waals surface area contributed by atoms with Gasteiger partial charge in [0.2, 0.25) is 18.2 Å². The Morgan fingerprint density at radius 1 is 0.842 bits per heavy atom. The third-order valence-electron chi connectivity index (χ3n) is 2.09. The molecular weight excluding hydrogens is 286 g/mol. The van der Waals surface area contributed by atoms with E-state index in [4.69, 9.17) is 0 Å². The van der Waals surface area contributed by atoms with Gasteiger partial charge in [-0.2, -0.15) is 0 Å². The van der Waals surface area contributed by atoms with Crippen molar-refractivity contribution in [2.75, 3.05) is 31.1 Å². The number of hydrogen-bond donors (Lipinski definition) is 0. The number of isocyanates is 3. The molecule has 0 amide bonds. The van der Waals surface area contributed by atoms with Crippen LogP contribution in [-0.4, -0.2) is 53.5 Å². The standard InChI is InChI=1S/C11H15N3O3S2/c1-11(2-3-12-8-15,18-6-4-13-9-16)19-7-5-14-10-17/h2-7H2,1H3. The van der Waals surface area contributed by atoms with Gasteiger partial charge < -0.3 is 0 Å². The number of rotatable bonds is 11. The SMILES string of the molecule is CC(CCN=C=O)(SCCN=C=O)SCCN=C=O. The van der Waals surface area contributed by atoms with Crippen LogP contribution >= 0.6 is 23.5 Å². The molecule has 0 radical (unpaired) electrons. The van der Waals surface area contributed by atoms with Gasteiger partial charge in [0.05, 0.1) is 23.7 Å². The van der Waals surface area contributed by atoms with Crippen LogP contribution in [0.5, 0.6) is 0 Å². The molecule has 0 heterocycles. The molecule has 0 bridgehead atoms. The number of carbonyl (C=O) groups excluding carboxylic acids is 3. The largest absolute Gasteiger partial charge is 0.234 e. The molecule has 0 unspecified atom stereocenters. The van der Waals surface area contributed by atoms with Crippen molar-refractivity contribution in [1.82, 2.24) is 0 Å². The summed E-state index contributed by atoms with van der Waals surface area (Å²) in [5, 5.41) is 0. The molecule has 0 N–H and O–H groups in total.